The number of rotatable bonds is 3. The van der Waals surface area contributed by atoms with Gasteiger partial charge in [0.2, 0.25) is 0 Å². The monoisotopic (exact) mass is 215 g/mol. The molecule has 1 rings (SSSR count). The van der Waals surface area contributed by atoms with Crippen molar-refractivity contribution in [3.63, 3.8) is 0 Å². The van der Waals surface area contributed by atoms with Crippen LogP contribution in [0.25, 0.3) is 0 Å². The first-order valence-corrected chi connectivity index (χ1v) is 4.71. The van der Waals surface area contributed by atoms with Gasteiger partial charge in [-0.15, -0.1) is 0 Å². The van der Waals surface area contributed by atoms with Crippen LogP contribution in [0, 0.1) is 18.6 Å². The number of aryl methyl sites for hydroxylation is 1. The molecule has 0 aromatic heterocycles. The number of nitrogens with two attached hydrogens (primary N) is 1. The smallest absolute Gasteiger partial charge is 0.127 e. The fraction of sp³-hybridized carbons (Fsp3) is 0.455. The number of aliphatic hydroxyl groups excluding tert-OH is 1. The van der Waals surface area contributed by atoms with Gasteiger partial charge in [0.15, 0.2) is 0 Å². The van der Waals surface area contributed by atoms with Gasteiger partial charge < -0.3 is 10.8 Å². The molecule has 0 aliphatic carbocycles. The molecule has 0 fully saturated rings. The van der Waals surface area contributed by atoms with Crippen molar-refractivity contribution >= 4 is 0 Å². The molecule has 0 heterocycles. The van der Waals surface area contributed by atoms with Crippen molar-refractivity contribution in [2.75, 3.05) is 13.2 Å². The summed E-state index contributed by atoms with van der Waals surface area (Å²) in [5, 5.41) is 9.15. The third kappa shape index (κ3) is 2.16. The van der Waals surface area contributed by atoms with Crippen LogP contribution in [0.4, 0.5) is 8.78 Å². The average molecular weight is 215 g/mol. The predicted octanol–water partition coefficient (Wildman–Crippen LogP) is 1.48. The highest BCUT2D eigenvalue weighted by Gasteiger charge is 2.28. The lowest BCUT2D eigenvalue weighted by Crippen LogP contribution is -2.36. The standard InChI is InChI=1S/C11H15F2NO/c1-7-3-10(13)8(4-9(7)12)11(2,5-14)6-15/h3-4,15H,5-6,14H2,1-2H3. The molecule has 4 heteroatoms. The Bertz CT molecular complexity index is 362. The molecule has 0 radical (unpaired) electrons. The SMILES string of the molecule is Cc1cc(F)c(C(C)(CN)CO)cc1F. The van der Waals surface area contributed by atoms with Crippen LogP contribution >= 0.6 is 0 Å². The van der Waals surface area contributed by atoms with Crippen LogP contribution in [0.2, 0.25) is 0 Å². The Morgan fingerprint density at radius 2 is 1.93 bits per heavy atom. The van der Waals surface area contributed by atoms with Crippen LogP contribution in [0.1, 0.15) is 18.1 Å². The van der Waals surface area contributed by atoms with E-state index in [1.165, 1.54) is 6.92 Å². The van der Waals surface area contributed by atoms with E-state index in [2.05, 4.69) is 0 Å². The van der Waals surface area contributed by atoms with Crippen LogP contribution in [0.3, 0.4) is 0 Å². The normalized spacial score (nSPS) is 15.1. The largest absolute Gasteiger partial charge is 0.395 e. The molecule has 84 valence electrons. The number of hydrogen-bond acceptors (Lipinski definition) is 2. The van der Waals surface area contributed by atoms with Crippen LogP contribution in [0.15, 0.2) is 12.1 Å². The second-order valence-corrected chi connectivity index (χ2v) is 4.00. The zero-order valence-corrected chi connectivity index (χ0v) is 8.85. The van der Waals surface area contributed by atoms with Crippen LogP contribution in [-0.4, -0.2) is 18.3 Å². The minimum Gasteiger partial charge on any atom is -0.395 e. The maximum absolute atomic E-state index is 13.6. The summed E-state index contributed by atoms with van der Waals surface area (Å²) in [6.45, 7) is 2.83. The summed E-state index contributed by atoms with van der Waals surface area (Å²) >= 11 is 0. The fourth-order valence-electron chi connectivity index (χ4n) is 1.37. The van der Waals surface area contributed by atoms with E-state index in [-0.39, 0.29) is 24.3 Å². The molecule has 0 bridgehead atoms. The van der Waals surface area contributed by atoms with E-state index in [9.17, 15) is 8.78 Å². The summed E-state index contributed by atoms with van der Waals surface area (Å²) in [5.41, 5.74) is 4.89. The van der Waals surface area contributed by atoms with E-state index in [1.807, 2.05) is 0 Å². The number of benzene rings is 1. The molecule has 0 saturated carbocycles. The third-order valence-corrected chi connectivity index (χ3v) is 2.70. The highest BCUT2D eigenvalue weighted by Crippen LogP contribution is 2.26. The van der Waals surface area contributed by atoms with Crippen molar-refractivity contribution in [3.8, 4) is 0 Å². The van der Waals surface area contributed by atoms with E-state index < -0.39 is 17.0 Å². The maximum Gasteiger partial charge on any atom is 0.127 e. The van der Waals surface area contributed by atoms with Crippen molar-refractivity contribution in [1.29, 1.82) is 0 Å². The molecule has 0 spiro atoms. The van der Waals surface area contributed by atoms with Crippen LogP contribution in [0.5, 0.6) is 0 Å². The summed E-state index contributed by atoms with van der Waals surface area (Å²) in [7, 11) is 0. The summed E-state index contributed by atoms with van der Waals surface area (Å²) in [4.78, 5) is 0. The molecule has 1 unspecified atom stereocenters. The number of aliphatic hydroxyl groups is 1. The van der Waals surface area contributed by atoms with Gasteiger partial charge in [-0.2, -0.15) is 0 Å². The predicted molar refractivity (Wildman–Crippen MR) is 54.6 cm³/mol. The minimum atomic E-state index is -0.932. The molecule has 0 aliphatic rings. The van der Waals surface area contributed by atoms with Crippen molar-refractivity contribution in [1.82, 2.24) is 0 Å². The number of hydrogen-bond donors (Lipinski definition) is 2. The van der Waals surface area contributed by atoms with Crippen molar-refractivity contribution in [2.45, 2.75) is 19.3 Å². The Morgan fingerprint density at radius 3 is 2.40 bits per heavy atom. The zero-order chi connectivity index (χ0) is 11.6. The molecule has 15 heavy (non-hydrogen) atoms. The lowest BCUT2D eigenvalue weighted by atomic mass is 9.82. The van der Waals surface area contributed by atoms with Crippen molar-refractivity contribution in [2.24, 2.45) is 5.73 Å². The zero-order valence-electron chi connectivity index (χ0n) is 8.85. The average Bonchev–Trinajstić information content (AvgIpc) is 2.22. The maximum atomic E-state index is 13.6. The van der Waals surface area contributed by atoms with E-state index in [0.717, 1.165) is 12.1 Å². The van der Waals surface area contributed by atoms with Crippen LogP contribution in [-0.2, 0) is 5.41 Å². The van der Waals surface area contributed by atoms with Gasteiger partial charge in [-0.3, -0.25) is 0 Å². The Morgan fingerprint density at radius 1 is 1.33 bits per heavy atom. The van der Waals surface area contributed by atoms with Crippen LogP contribution < -0.4 is 5.73 Å². The lowest BCUT2D eigenvalue weighted by molar-refractivity contribution is 0.206. The molecule has 3 N–H and O–H groups in total. The first kappa shape index (κ1) is 12.1. The summed E-state index contributed by atoms with van der Waals surface area (Å²) in [6, 6.07) is 2.22. The van der Waals surface area contributed by atoms with Gasteiger partial charge in [0.05, 0.1) is 6.61 Å². The number of halogens is 2. The van der Waals surface area contributed by atoms with Gasteiger partial charge in [0.25, 0.3) is 0 Å². The second kappa shape index (κ2) is 4.24. The van der Waals surface area contributed by atoms with Crippen molar-refractivity contribution < 1.29 is 13.9 Å². The van der Waals surface area contributed by atoms with E-state index in [4.69, 9.17) is 10.8 Å². The Balaban J connectivity index is 3.30. The quantitative estimate of drug-likeness (QED) is 0.802. The first-order chi connectivity index (χ1) is 6.94. The van der Waals surface area contributed by atoms with E-state index in [0.29, 0.717) is 0 Å². The molecule has 0 saturated heterocycles. The van der Waals surface area contributed by atoms with Gasteiger partial charge in [0, 0.05) is 17.5 Å². The summed E-state index contributed by atoms with van der Waals surface area (Å²) < 4.78 is 26.8. The Labute approximate surface area is 87.7 Å². The molecule has 0 amide bonds. The Kier molecular flexibility index (Phi) is 3.42. The summed E-state index contributed by atoms with van der Waals surface area (Å²) in [5.74, 6) is -1.02. The summed E-state index contributed by atoms with van der Waals surface area (Å²) in [6.07, 6.45) is 0. The van der Waals surface area contributed by atoms with E-state index in [1.54, 1.807) is 6.92 Å². The highest BCUT2D eigenvalue weighted by atomic mass is 19.1. The molecule has 0 aliphatic heterocycles. The van der Waals surface area contributed by atoms with Gasteiger partial charge in [-0.25, -0.2) is 8.78 Å². The van der Waals surface area contributed by atoms with Gasteiger partial charge >= 0.3 is 0 Å². The fourth-order valence-corrected chi connectivity index (χ4v) is 1.37. The lowest BCUT2D eigenvalue weighted by Gasteiger charge is -2.26. The molecule has 1 aromatic rings. The molecule has 1 atom stereocenters. The topological polar surface area (TPSA) is 46.2 Å². The highest BCUT2D eigenvalue weighted by molar-refractivity contribution is 5.31. The molecule has 2 nitrogen and oxygen atoms in total. The van der Waals surface area contributed by atoms with Gasteiger partial charge in [0.1, 0.15) is 11.6 Å². The van der Waals surface area contributed by atoms with Crippen molar-refractivity contribution in [3.05, 3.63) is 34.9 Å². The molecular formula is C11H15F2NO. The molecular weight excluding hydrogens is 200 g/mol. The second-order valence-electron chi connectivity index (χ2n) is 4.00. The molecule has 1 aromatic carbocycles. The Hall–Kier alpha value is -1.00. The first-order valence-electron chi connectivity index (χ1n) is 4.71. The van der Waals surface area contributed by atoms with Gasteiger partial charge in [-0.05, 0) is 24.6 Å². The van der Waals surface area contributed by atoms with Gasteiger partial charge in [-0.1, -0.05) is 6.92 Å². The van der Waals surface area contributed by atoms with E-state index >= 15 is 0 Å². The minimum absolute atomic E-state index is 0.0585. The third-order valence-electron chi connectivity index (χ3n) is 2.70.